The number of amides is 1. The first-order chi connectivity index (χ1) is 16.2. The van der Waals surface area contributed by atoms with Crippen LogP contribution in [0.5, 0.6) is 5.75 Å². The molecule has 5 rings (SSSR count). The highest BCUT2D eigenvalue weighted by Gasteiger charge is 2.52. The van der Waals surface area contributed by atoms with Crippen LogP contribution in [0.1, 0.15) is 60.9 Å². The van der Waals surface area contributed by atoms with E-state index in [-0.39, 0.29) is 29.6 Å². The van der Waals surface area contributed by atoms with Crippen molar-refractivity contribution in [1.29, 1.82) is 0 Å². The van der Waals surface area contributed by atoms with E-state index in [1.54, 1.807) is 35.2 Å². The Bertz CT molecular complexity index is 1240. The summed E-state index contributed by atoms with van der Waals surface area (Å²) in [4.78, 5) is 28.6. The molecule has 8 heteroatoms. The van der Waals surface area contributed by atoms with Gasteiger partial charge in [-0.2, -0.15) is 4.72 Å². The zero-order valence-electron chi connectivity index (χ0n) is 19.4. The van der Waals surface area contributed by atoms with Gasteiger partial charge in [-0.3, -0.25) is 9.59 Å². The Balaban J connectivity index is 1.40. The van der Waals surface area contributed by atoms with Crippen molar-refractivity contribution in [3.8, 4) is 5.75 Å². The first-order valence-corrected chi connectivity index (χ1v) is 13.4. The lowest BCUT2D eigenvalue weighted by molar-refractivity contribution is -0.138. The van der Waals surface area contributed by atoms with Crippen molar-refractivity contribution in [3.63, 3.8) is 0 Å². The topological polar surface area (TPSA) is 92.8 Å². The molecule has 2 heterocycles. The Morgan fingerprint density at radius 2 is 1.79 bits per heavy atom. The molecule has 1 N–H and O–H groups in total. The van der Waals surface area contributed by atoms with Crippen molar-refractivity contribution in [2.24, 2.45) is 0 Å². The first-order valence-electron chi connectivity index (χ1n) is 11.9. The summed E-state index contributed by atoms with van der Waals surface area (Å²) in [7, 11) is -3.88. The number of carbonyl (C=O) groups excluding carboxylic acids is 2. The number of sulfonamides is 1. The summed E-state index contributed by atoms with van der Waals surface area (Å²) < 4.78 is 35.7. The first kappa shape index (κ1) is 23.1. The summed E-state index contributed by atoms with van der Waals surface area (Å²) in [5.41, 5.74) is -0.518. The summed E-state index contributed by atoms with van der Waals surface area (Å²) in [5.74, 6) is 0.361. The summed E-state index contributed by atoms with van der Waals surface area (Å²) >= 11 is 0. The average molecular weight is 483 g/mol. The fourth-order valence-electron chi connectivity index (χ4n) is 5.60. The van der Waals surface area contributed by atoms with Crippen LogP contribution >= 0.6 is 0 Å². The van der Waals surface area contributed by atoms with Crippen LogP contribution in [0.25, 0.3) is 0 Å². The largest absolute Gasteiger partial charge is 0.484 e. The van der Waals surface area contributed by atoms with Gasteiger partial charge >= 0.3 is 0 Å². The van der Waals surface area contributed by atoms with Crippen LogP contribution in [0.3, 0.4) is 0 Å². The number of hydrogen-bond donors (Lipinski definition) is 1. The molecule has 1 aliphatic carbocycles. The van der Waals surface area contributed by atoms with E-state index in [2.05, 4.69) is 4.72 Å². The molecule has 180 valence electrons. The van der Waals surface area contributed by atoms with Gasteiger partial charge in [0, 0.05) is 13.0 Å². The summed E-state index contributed by atoms with van der Waals surface area (Å²) in [6, 6.07) is 13.9. The SMILES string of the molecule is Cc1cccc(S(=O)(=O)NC2(C(=O)N3CCC4(CC(=O)c5ccccc5O4)C3)CCCCC2)c1. The molecule has 2 aliphatic heterocycles. The average Bonchev–Trinajstić information content (AvgIpc) is 3.21. The molecule has 1 spiro atoms. The van der Waals surface area contributed by atoms with Crippen molar-refractivity contribution in [2.75, 3.05) is 13.1 Å². The Morgan fingerprint density at radius 3 is 2.56 bits per heavy atom. The van der Waals surface area contributed by atoms with Crippen LogP contribution < -0.4 is 9.46 Å². The van der Waals surface area contributed by atoms with E-state index in [0.717, 1.165) is 24.8 Å². The number of likely N-dealkylation sites (tertiary alicyclic amines) is 1. The molecule has 34 heavy (non-hydrogen) atoms. The molecule has 1 unspecified atom stereocenters. The maximum Gasteiger partial charge on any atom is 0.244 e. The van der Waals surface area contributed by atoms with Crippen LogP contribution in [0.4, 0.5) is 0 Å². The molecule has 3 aliphatic rings. The highest BCUT2D eigenvalue weighted by Crippen LogP contribution is 2.40. The third kappa shape index (κ3) is 4.14. The third-order valence-electron chi connectivity index (χ3n) is 7.35. The monoisotopic (exact) mass is 482 g/mol. The Kier molecular flexibility index (Phi) is 5.76. The molecule has 2 aromatic rings. The van der Waals surface area contributed by atoms with E-state index in [4.69, 9.17) is 4.74 Å². The molecular weight excluding hydrogens is 452 g/mol. The molecule has 1 amide bonds. The van der Waals surface area contributed by atoms with Gasteiger partial charge in [-0.15, -0.1) is 0 Å². The standard InChI is InChI=1S/C26H30N2O5S/c1-19-8-7-9-20(16-19)34(31,32)27-26(12-5-2-6-13-26)24(30)28-15-14-25(18-28)17-22(29)21-10-3-4-11-23(21)33-25/h3-4,7-11,16,27H,2,5-6,12-15,17-18H2,1H3. The minimum Gasteiger partial charge on any atom is -0.484 e. The molecule has 0 bridgehead atoms. The minimum absolute atomic E-state index is 0.0173. The van der Waals surface area contributed by atoms with Crippen molar-refractivity contribution >= 4 is 21.7 Å². The van der Waals surface area contributed by atoms with E-state index in [0.29, 0.717) is 37.1 Å². The zero-order chi connectivity index (χ0) is 24.0. The normalized spacial score (nSPS) is 24.0. The van der Waals surface area contributed by atoms with Gasteiger partial charge in [-0.1, -0.05) is 43.5 Å². The summed E-state index contributed by atoms with van der Waals surface area (Å²) in [6.07, 6.45) is 4.22. The van der Waals surface area contributed by atoms with E-state index in [1.165, 1.54) is 0 Å². The second-order valence-corrected chi connectivity index (χ2v) is 11.6. The van der Waals surface area contributed by atoms with Gasteiger partial charge in [-0.25, -0.2) is 8.42 Å². The number of aryl methyl sites for hydroxylation is 1. The smallest absolute Gasteiger partial charge is 0.244 e. The molecule has 1 atom stereocenters. The summed E-state index contributed by atoms with van der Waals surface area (Å²) in [5, 5.41) is 0. The quantitative estimate of drug-likeness (QED) is 0.719. The van der Waals surface area contributed by atoms with Gasteiger partial charge in [0.15, 0.2) is 5.78 Å². The third-order valence-corrected chi connectivity index (χ3v) is 8.88. The van der Waals surface area contributed by atoms with E-state index in [9.17, 15) is 18.0 Å². The Hall–Kier alpha value is -2.71. The van der Waals surface area contributed by atoms with Gasteiger partial charge in [0.25, 0.3) is 0 Å². The van der Waals surface area contributed by atoms with Crippen LogP contribution in [0.15, 0.2) is 53.4 Å². The number of fused-ring (bicyclic) bond motifs is 1. The summed E-state index contributed by atoms with van der Waals surface area (Å²) in [6.45, 7) is 2.55. The van der Waals surface area contributed by atoms with Crippen molar-refractivity contribution in [3.05, 3.63) is 59.7 Å². The maximum absolute atomic E-state index is 13.9. The lowest BCUT2D eigenvalue weighted by Crippen LogP contribution is -2.60. The Labute approximate surface area is 200 Å². The van der Waals surface area contributed by atoms with Gasteiger partial charge < -0.3 is 9.64 Å². The van der Waals surface area contributed by atoms with Crippen molar-refractivity contribution in [2.45, 2.75) is 67.9 Å². The number of carbonyl (C=O) groups is 2. The molecule has 7 nitrogen and oxygen atoms in total. The number of nitrogens with zero attached hydrogens (tertiary/aromatic N) is 1. The van der Waals surface area contributed by atoms with Gasteiger partial charge in [0.1, 0.15) is 16.9 Å². The predicted octanol–water partition coefficient (Wildman–Crippen LogP) is 3.61. The number of benzene rings is 2. The van der Waals surface area contributed by atoms with Crippen LogP contribution in [-0.2, 0) is 14.8 Å². The van der Waals surface area contributed by atoms with Crippen LogP contribution in [-0.4, -0.2) is 49.2 Å². The van der Waals surface area contributed by atoms with Crippen molar-refractivity contribution in [1.82, 2.24) is 9.62 Å². The molecule has 0 radical (unpaired) electrons. The lowest BCUT2D eigenvalue weighted by atomic mass is 9.81. The number of Topliss-reactive ketones (excluding diaryl/α,β-unsaturated/α-hetero) is 1. The number of rotatable bonds is 4. The van der Waals surface area contributed by atoms with E-state index < -0.39 is 21.2 Å². The number of hydrogen-bond acceptors (Lipinski definition) is 5. The minimum atomic E-state index is -3.88. The highest BCUT2D eigenvalue weighted by molar-refractivity contribution is 7.89. The fourth-order valence-corrected chi connectivity index (χ4v) is 7.13. The zero-order valence-corrected chi connectivity index (χ0v) is 20.2. The second-order valence-electron chi connectivity index (χ2n) is 9.92. The van der Waals surface area contributed by atoms with Crippen LogP contribution in [0, 0.1) is 6.92 Å². The maximum atomic E-state index is 13.9. The van der Waals surface area contributed by atoms with Crippen LogP contribution in [0.2, 0.25) is 0 Å². The molecule has 1 saturated heterocycles. The lowest BCUT2D eigenvalue weighted by Gasteiger charge is -2.40. The second kappa shape index (κ2) is 8.50. The predicted molar refractivity (Wildman–Crippen MR) is 127 cm³/mol. The van der Waals surface area contributed by atoms with Gasteiger partial charge in [-0.05, 0) is 49.6 Å². The number of ether oxygens (including phenoxy) is 1. The molecule has 2 fully saturated rings. The van der Waals surface area contributed by atoms with Gasteiger partial charge in [0.05, 0.1) is 23.4 Å². The van der Waals surface area contributed by atoms with Crippen molar-refractivity contribution < 1.29 is 22.7 Å². The van der Waals surface area contributed by atoms with E-state index >= 15 is 0 Å². The molecule has 1 saturated carbocycles. The fraction of sp³-hybridized carbons (Fsp3) is 0.462. The molecular formula is C26H30N2O5S. The Morgan fingerprint density at radius 1 is 1.03 bits per heavy atom. The molecule has 2 aromatic carbocycles. The highest BCUT2D eigenvalue weighted by atomic mass is 32.2. The molecule has 0 aromatic heterocycles. The van der Waals surface area contributed by atoms with E-state index in [1.807, 2.05) is 25.1 Å². The number of nitrogens with one attached hydrogen (secondary N) is 1. The number of ketones is 1. The number of para-hydroxylation sites is 1. The van der Waals surface area contributed by atoms with Gasteiger partial charge in [0.2, 0.25) is 15.9 Å².